The summed E-state index contributed by atoms with van der Waals surface area (Å²) in [5, 5.41) is 4.31. The molecule has 1 fully saturated rings. The van der Waals surface area contributed by atoms with E-state index in [9.17, 15) is 9.18 Å². The van der Waals surface area contributed by atoms with Crippen molar-refractivity contribution in [3.63, 3.8) is 0 Å². The molecular formula is C17H12ClFN4O2. The fourth-order valence-electron chi connectivity index (χ4n) is 2.82. The molecule has 0 aliphatic carbocycles. The van der Waals surface area contributed by atoms with Gasteiger partial charge in [0.15, 0.2) is 0 Å². The molecule has 0 spiro atoms. The molecule has 2 aromatic heterocycles. The van der Waals surface area contributed by atoms with Crippen LogP contribution in [0.3, 0.4) is 0 Å². The first-order chi connectivity index (χ1) is 12.1. The van der Waals surface area contributed by atoms with Crippen LogP contribution in [0.15, 0.2) is 47.2 Å². The number of hydrogen-bond donors (Lipinski definition) is 0. The zero-order chi connectivity index (χ0) is 17.4. The second-order valence-electron chi connectivity index (χ2n) is 5.69. The number of nitrogens with zero attached hydrogens (tertiary/aromatic N) is 4. The number of halogens is 2. The highest BCUT2D eigenvalue weighted by molar-refractivity contribution is 6.31. The van der Waals surface area contributed by atoms with Gasteiger partial charge in [-0.3, -0.25) is 9.78 Å². The Balaban J connectivity index is 1.59. The fraction of sp³-hybridized carbons (Fsp3) is 0.176. The van der Waals surface area contributed by atoms with E-state index < -0.39 is 5.82 Å². The summed E-state index contributed by atoms with van der Waals surface area (Å²) in [7, 11) is 0. The number of carbonyl (C=O) groups excluding carboxylic acids is 1. The van der Waals surface area contributed by atoms with Crippen LogP contribution >= 0.6 is 11.6 Å². The molecule has 25 heavy (non-hydrogen) atoms. The van der Waals surface area contributed by atoms with Crippen LogP contribution in [0.5, 0.6) is 0 Å². The van der Waals surface area contributed by atoms with Gasteiger partial charge < -0.3 is 9.42 Å². The van der Waals surface area contributed by atoms with Crippen LogP contribution in [-0.2, 0) is 4.79 Å². The van der Waals surface area contributed by atoms with Crippen LogP contribution in [0.1, 0.15) is 18.2 Å². The molecule has 1 saturated heterocycles. The second kappa shape index (κ2) is 6.25. The highest BCUT2D eigenvalue weighted by Gasteiger charge is 2.36. The number of amides is 1. The van der Waals surface area contributed by atoms with Gasteiger partial charge in [-0.05, 0) is 30.3 Å². The lowest BCUT2D eigenvalue weighted by atomic mass is 10.1. The quantitative estimate of drug-likeness (QED) is 0.717. The molecule has 1 aliphatic heterocycles. The molecule has 0 N–H and O–H groups in total. The maximum atomic E-state index is 14.0. The molecule has 126 valence electrons. The molecule has 3 heterocycles. The predicted octanol–water partition coefficient (Wildman–Crippen LogP) is 3.44. The molecule has 3 aromatic rings. The number of carbonyl (C=O) groups is 1. The van der Waals surface area contributed by atoms with Crippen LogP contribution < -0.4 is 4.90 Å². The molecule has 1 amide bonds. The topological polar surface area (TPSA) is 72.1 Å². The fourth-order valence-corrected chi connectivity index (χ4v) is 2.98. The molecule has 1 unspecified atom stereocenters. The van der Waals surface area contributed by atoms with Gasteiger partial charge in [0, 0.05) is 35.9 Å². The van der Waals surface area contributed by atoms with Crippen LogP contribution in [0.25, 0.3) is 11.4 Å². The Hall–Kier alpha value is -2.80. The summed E-state index contributed by atoms with van der Waals surface area (Å²) in [6.07, 6.45) is 3.44. The number of hydrogen-bond acceptors (Lipinski definition) is 5. The number of rotatable bonds is 3. The summed E-state index contributed by atoms with van der Waals surface area (Å²) in [4.78, 5) is 22.0. The Labute approximate surface area is 147 Å². The normalized spacial score (nSPS) is 17.3. The minimum absolute atomic E-state index is 0.161. The van der Waals surface area contributed by atoms with E-state index in [0.717, 1.165) is 5.56 Å². The number of benzene rings is 1. The molecule has 6 nitrogen and oxygen atoms in total. The van der Waals surface area contributed by atoms with Crippen LogP contribution in [-0.4, -0.2) is 27.6 Å². The molecule has 8 heteroatoms. The van der Waals surface area contributed by atoms with Gasteiger partial charge in [0.25, 0.3) is 0 Å². The molecule has 0 radical (unpaired) electrons. The molecule has 1 atom stereocenters. The van der Waals surface area contributed by atoms with E-state index in [1.54, 1.807) is 24.5 Å². The Bertz CT molecular complexity index is 931. The van der Waals surface area contributed by atoms with Gasteiger partial charge in [0.1, 0.15) is 5.82 Å². The van der Waals surface area contributed by atoms with Gasteiger partial charge in [-0.1, -0.05) is 16.8 Å². The lowest BCUT2D eigenvalue weighted by molar-refractivity contribution is -0.117. The first kappa shape index (κ1) is 15.7. The third kappa shape index (κ3) is 2.98. The van der Waals surface area contributed by atoms with Crippen molar-refractivity contribution in [2.24, 2.45) is 0 Å². The van der Waals surface area contributed by atoms with Gasteiger partial charge in [0.05, 0.1) is 11.6 Å². The van der Waals surface area contributed by atoms with Crippen molar-refractivity contribution < 1.29 is 13.7 Å². The van der Waals surface area contributed by atoms with Gasteiger partial charge >= 0.3 is 0 Å². The molecule has 0 bridgehead atoms. The molecule has 1 aliphatic rings. The average Bonchev–Trinajstić information content (AvgIpc) is 3.25. The molecule has 0 saturated carbocycles. The van der Waals surface area contributed by atoms with Crippen molar-refractivity contribution in [2.75, 3.05) is 11.4 Å². The van der Waals surface area contributed by atoms with Crippen LogP contribution in [0, 0.1) is 5.82 Å². The first-order valence-electron chi connectivity index (χ1n) is 7.61. The van der Waals surface area contributed by atoms with E-state index in [2.05, 4.69) is 15.1 Å². The number of pyridine rings is 1. The SMILES string of the molecule is O=C1CC(c2nc(-c3ccncc3)no2)CN1c1cc(Cl)ccc1F. The van der Waals surface area contributed by atoms with Gasteiger partial charge in [-0.25, -0.2) is 4.39 Å². The largest absolute Gasteiger partial charge is 0.339 e. The minimum atomic E-state index is -0.499. The van der Waals surface area contributed by atoms with Gasteiger partial charge in [-0.2, -0.15) is 4.98 Å². The van der Waals surface area contributed by atoms with Crippen molar-refractivity contribution in [3.8, 4) is 11.4 Å². The third-order valence-corrected chi connectivity index (χ3v) is 4.29. The van der Waals surface area contributed by atoms with Gasteiger partial charge in [0.2, 0.25) is 17.6 Å². The predicted molar refractivity (Wildman–Crippen MR) is 88.7 cm³/mol. The van der Waals surface area contributed by atoms with Crippen molar-refractivity contribution in [1.29, 1.82) is 0 Å². The third-order valence-electron chi connectivity index (χ3n) is 4.05. The van der Waals surface area contributed by atoms with E-state index in [1.807, 2.05) is 0 Å². The summed E-state index contributed by atoms with van der Waals surface area (Å²) in [5.41, 5.74) is 0.931. The summed E-state index contributed by atoms with van der Waals surface area (Å²) in [5.74, 6) is -0.229. The number of aromatic nitrogens is 3. The summed E-state index contributed by atoms with van der Waals surface area (Å²) >= 11 is 5.92. The Kier molecular flexibility index (Phi) is 3.93. The Morgan fingerprint density at radius 2 is 2.04 bits per heavy atom. The maximum Gasteiger partial charge on any atom is 0.232 e. The summed E-state index contributed by atoms with van der Waals surface area (Å²) in [6.45, 7) is 0.258. The smallest absolute Gasteiger partial charge is 0.232 e. The summed E-state index contributed by atoms with van der Waals surface area (Å²) in [6, 6.07) is 7.65. The standard InChI is InChI=1S/C17H12ClFN4O2/c18-12-1-2-13(19)14(8-12)23-9-11(7-15(23)24)17-21-16(22-25-17)10-3-5-20-6-4-10/h1-6,8,11H,7,9H2. The van der Waals surface area contributed by atoms with E-state index in [0.29, 0.717) is 16.7 Å². The molecule has 1 aromatic carbocycles. The highest BCUT2D eigenvalue weighted by Crippen LogP contribution is 2.34. The van der Waals surface area contributed by atoms with Crippen molar-refractivity contribution in [3.05, 3.63) is 59.5 Å². The first-order valence-corrected chi connectivity index (χ1v) is 7.99. The maximum absolute atomic E-state index is 14.0. The number of anilines is 1. The average molecular weight is 359 g/mol. The summed E-state index contributed by atoms with van der Waals surface area (Å²) < 4.78 is 19.3. The zero-order valence-electron chi connectivity index (χ0n) is 12.9. The van der Waals surface area contributed by atoms with E-state index in [-0.39, 0.29) is 30.5 Å². The lowest BCUT2D eigenvalue weighted by Gasteiger charge is -2.17. The van der Waals surface area contributed by atoms with E-state index in [4.69, 9.17) is 16.1 Å². The van der Waals surface area contributed by atoms with Crippen LogP contribution in [0.2, 0.25) is 5.02 Å². The monoisotopic (exact) mass is 358 g/mol. The van der Waals surface area contributed by atoms with Crippen molar-refractivity contribution in [2.45, 2.75) is 12.3 Å². The van der Waals surface area contributed by atoms with E-state index in [1.165, 1.54) is 23.1 Å². The Morgan fingerprint density at radius 3 is 2.84 bits per heavy atom. The Morgan fingerprint density at radius 1 is 1.24 bits per heavy atom. The molecule has 4 rings (SSSR count). The van der Waals surface area contributed by atoms with Crippen molar-refractivity contribution >= 4 is 23.2 Å². The van der Waals surface area contributed by atoms with Gasteiger partial charge in [-0.15, -0.1) is 0 Å². The second-order valence-corrected chi connectivity index (χ2v) is 6.13. The lowest BCUT2D eigenvalue weighted by Crippen LogP contribution is -2.25. The van der Waals surface area contributed by atoms with E-state index >= 15 is 0 Å². The van der Waals surface area contributed by atoms with Crippen molar-refractivity contribution in [1.82, 2.24) is 15.1 Å². The minimum Gasteiger partial charge on any atom is -0.339 e. The van der Waals surface area contributed by atoms with Crippen LogP contribution in [0.4, 0.5) is 10.1 Å². The molecular weight excluding hydrogens is 347 g/mol. The highest BCUT2D eigenvalue weighted by atomic mass is 35.5. The zero-order valence-corrected chi connectivity index (χ0v) is 13.7.